The van der Waals surface area contributed by atoms with Gasteiger partial charge in [0.05, 0.1) is 19.6 Å². The molecule has 0 rings (SSSR count). The summed E-state index contributed by atoms with van der Waals surface area (Å²) in [5.41, 5.74) is 0. The van der Waals surface area contributed by atoms with Crippen molar-refractivity contribution in [3.8, 4) is 0 Å². The van der Waals surface area contributed by atoms with Crippen LogP contribution in [0, 0.1) is 0 Å². The zero-order valence-corrected chi connectivity index (χ0v) is 8.60. The lowest BCUT2D eigenvalue weighted by Gasteiger charge is -2.07. The van der Waals surface area contributed by atoms with Crippen molar-refractivity contribution in [2.45, 2.75) is 32.4 Å². The predicted molar refractivity (Wildman–Crippen MR) is 47.4 cm³/mol. The maximum Gasteiger partial charge on any atom is 0.411 e. The van der Waals surface area contributed by atoms with E-state index in [1.807, 2.05) is 6.92 Å². The maximum atomic E-state index is 11.6. The van der Waals surface area contributed by atoms with Gasteiger partial charge in [-0.2, -0.15) is 13.2 Å². The summed E-state index contributed by atoms with van der Waals surface area (Å²) in [7, 11) is 0. The van der Waals surface area contributed by atoms with Crippen molar-refractivity contribution in [1.29, 1.82) is 0 Å². The van der Waals surface area contributed by atoms with E-state index in [2.05, 4.69) is 4.74 Å². The van der Waals surface area contributed by atoms with Gasteiger partial charge in [0.15, 0.2) is 0 Å². The summed E-state index contributed by atoms with van der Waals surface area (Å²) in [4.78, 5) is 10.9. The van der Waals surface area contributed by atoms with Crippen LogP contribution in [0.3, 0.4) is 0 Å². The second-order valence-electron chi connectivity index (χ2n) is 2.99. The van der Waals surface area contributed by atoms with E-state index in [0.29, 0.717) is 6.61 Å². The number of carbonyl (C=O) groups is 1. The highest BCUT2D eigenvalue weighted by molar-refractivity contribution is 5.69. The summed E-state index contributed by atoms with van der Waals surface area (Å²) in [5.74, 6) is -0.523. The summed E-state index contributed by atoms with van der Waals surface area (Å²) >= 11 is 0. The van der Waals surface area contributed by atoms with Gasteiger partial charge in [0, 0.05) is 0 Å². The SMILES string of the molecule is CCCCOC(=O)CCOCC(F)(F)F. The third-order valence-corrected chi connectivity index (χ3v) is 1.48. The highest BCUT2D eigenvalue weighted by Gasteiger charge is 2.27. The molecule has 0 heterocycles. The highest BCUT2D eigenvalue weighted by atomic mass is 19.4. The van der Waals surface area contributed by atoms with Crippen LogP contribution in [0.5, 0.6) is 0 Å². The third kappa shape index (κ3) is 11.1. The summed E-state index contributed by atoms with van der Waals surface area (Å²) in [6.45, 7) is 0.675. The predicted octanol–water partition coefficient (Wildman–Crippen LogP) is 2.30. The van der Waals surface area contributed by atoms with E-state index in [9.17, 15) is 18.0 Å². The van der Waals surface area contributed by atoms with Crippen LogP contribution in [0.2, 0.25) is 0 Å². The van der Waals surface area contributed by atoms with Gasteiger partial charge >= 0.3 is 12.1 Å². The number of carbonyl (C=O) groups excluding carboxylic acids is 1. The van der Waals surface area contributed by atoms with E-state index in [-0.39, 0.29) is 13.0 Å². The fraction of sp³-hybridized carbons (Fsp3) is 0.889. The van der Waals surface area contributed by atoms with Crippen LogP contribution in [0.1, 0.15) is 26.2 Å². The number of unbranched alkanes of at least 4 members (excludes halogenated alkanes) is 1. The normalized spacial score (nSPS) is 11.5. The first-order valence-electron chi connectivity index (χ1n) is 4.76. The number of hydrogen-bond donors (Lipinski definition) is 0. The second-order valence-corrected chi connectivity index (χ2v) is 2.99. The molecule has 90 valence electrons. The molecule has 6 heteroatoms. The Kier molecular flexibility index (Phi) is 7.11. The van der Waals surface area contributed by atoms with Gasteiger partial charge in [-0.25, -0.2) is 0 Å². The Morgan fingerprint density at radius 2 is 1.93 bits per heavy atom. The number of halogens is 3. The molecular formula is C9H15F3O3. The standard InChI is InChI=1S/C9H15F3O3/c1-2-3-5-15-8(13)4-6-14-7-9(10,11)12/h2-7H2,1H3. The minimum absolute atomic E-state index is 0.139. The lowest BCUT2D eigenvalue weighted by Crippen LogP contribution is -2.18. The molecule has 15 heavy (non-hydrogen) atoms. The van der Waals surface area contributed by atoms with E-state index in [1.54, 1.807) is 0 Å². The molecule has 0 bridgehead atoms. The van der Waals surface area contributed by atoms with Crippen LogP contribution < -0.4 is 0 Å². The Morgan fingerprint density at radius 3 is 2.47 bits per heavy atom. The number of rotatable bonds is 7. The largest absolute Gasteiger partial charge is 0.466 e. The van der Waals surface area contributed by atoms with Crippen molar-refractivity contribution in [3.63, 3.8) is 0 Å². The van der Waals surface area contributed by atoms with Crippen molar-refractivity contribution < 1.29 is 27.4 Å². The smallest absolute Gasteiger partial charge is 0.411 e. The topological polar surface area (TPSA) is 35.5 Å². The second kappa shape index (κ2) is 7.50. The monoisotopic (exact) mass is 228 g/mol. The molecule has 0 aromatic heterocycles. The van der Waals surface area contributed by atoms with Crippen LogP contribution in [0.15, 0.2) is 0 Å². The minimum Gasteiger partial charge on any atom is -0.466 e. The fourth-order valence-corrected chi connectivity index (χ4v) is 0.746. The van der Waals surface area contributed by atoms with E-state index >= 15 is 0 Å². The molecule has 0 saturated carbocycles. The maximum absolute atomic E-state index is 11.6. The van der Waals surface area contributed by atoms with Crippen LogP contribution in [-0.2, 0) is 14.3 Å². The molecule has 0 unspecified atom stereocenters. The van der Waals surface area contributed by atoms with Gasteiger partial charge in [0.25, 0.3) is 0 Å². The van der Waals surface area contributed by atoms with Gasteiger partial charge in [-0.1, -0.05) is 13.3 Å². The van der Waals surface area contributed by atoms with Gasteiger partial charge in [-0.3, -0.25) is 4.79 Å². The van der Waals surface area contributed by atoms with Gasteiger partial charge in [-0.15, -0.1) is 0 Å². The zero-order valence-electron chi connectivity index (χ0n) is 8.60. The van der Waals surface area contributed by atoms with Gasteiger partial charge in [0.1, 0.15) is 6.61 Å². The quantitative estimate of drug-likeness (QED) is 0.495. The average molecular weight is 228 g/mol. The molecule has 0 aliphatic carbocycles. The van der Waals surface area contributed by atoms with Crippen LogP contribution in [0.4, 0.5) is 13.2 Å². The van der Waals surface area contributed by atoms with Crippen LogP contribution in [0.25, 0.3) is 0 Å². The van der Waals surface area contributed by atoms with E-state index in [4.69, 9.17) is 4.74 Å². The Labute approximate surface area is 86.5 Å². The van der Waals surface area contributed by atoms with Crippen LogP contribution >= 0.6 is 0 Å². The summed E-state index contributed by atoms with van der Waals surface area (Å²) in [6.07, 6.45) is -2.82. The minimum atomic E-state index is -4.34. The Bertz CT molecular complexity index is 180. The summed E-state index contributed by atoms with van der Waals surface area (Å²) < 4.78 is 43.7. The molecule has 0 saturated heterocycles. The molecule has 0 radical (unpaired) electrons. The molecule has 3 nitrogen and oxygen atoms in total. The number of ether oxygens (including phenoxy) is 2. The van der Waals surface area contributed by atoms with Crippen molar-refractivity contribution in [2.24, 2.45) is 0 Å². The van der Waals surface area contributed by atoms with Crippen molar-refractivity contribution >= 4 is 5.97 Å². The van der Waals surface area contributed by atoms with Gasteiger partial charge in [-0.05, 0) is 6.42 Å². The lowest BCUT2D eigenvalue weighted by molar-refractivity contribution is -0.176. The first-order chi connectivity index (χ1) is 6.95. The van der Waals surface area contributed by atoms with Crippen molar-refractivity contribution in [3.05, 3.63) is 0 Å². The zero-order chi connectivity index (χ0) is 11.7. The van der Waals surface area contributed by atoms with E-state index in [1.165, 1.54) is 0 Å². The Morgan fingerprint density at radius 1 is 1.27 bits per heavy atom. The molecule has 0 atom stereocenters. The number of hydrogen-bond acceptors (Lipinski definition) is 3. The Balaban J connectivity index is 3.32. The van der Waals surface area contributed by atoms with Gasteiger partial charge in [0.2, 0.25) is 0 Å². The third-order valence-electron chi connectivity index (χ3n) is 1.48. The fourth-order valence-electron chi connectivity index (χ4n) is 0.746. The number of esters is 1. The van der Waals surface area contributed by atoms with Gasteiger partial charge < -0.3 is 9.47 Å². The molecule has 0 N–H and O–H groups in total. The summed E-state index contributed by atoms with van der Waals surface area (Å²) in [6, 6.07) is 0. The highest BCUT2D eigenvalue weighted by Crippen LogP contribution is 2.14. The number of alkyl halides is 3. The average Bonchev–Trinajstić information content (AvgIpc) is 2.11. The van der Waals surface area contributed by atoms with Crippen molar-refractivity contribution in [1.82, 2.24) is 0 Å². The lowest BCUT2D eigenvalue weighted by atomic mass is 10.4. The molecular weight excluding hydrogens is 213 g/mol. The molecule has 0 spiro atoms. The molecule has 0 fully saturated rings. The van der Waals surface area contributed by atoms with Crippen molar-refractivity contribution in [2.75, 3.05) is 19.8 Å². The molecule has 0 aliphatic rings. The molecule has 0 amide bonds. The Hall–Kier alpha value is -0.780. The summed E-state index contributed by atoms with van der Waals surface area (Å²) in [5, 5.41) is 0. The van der Waals surface area contributed by atoms with E-state index in [0.717, 1.165) is 12.8 Å². The first kappa shape index (κ1) is 14.2. The first-order valence-corrected chi connectivity index (χ1v) is 4.76. The molecule has 0 aromatic rings. The van der Waals surface area contributed by atoms with Crippen LogP contribution in [-0.4, -0.2) is 32.0 Å². The molecule has 0 aromatic carbocycles. The van der Waals surface area contributed by atoms with E-state index < -0.39 is 18.8 Å². The molecule has 0 aliphatic heterocycles.